The average molecular weight is 154 g/mol. The molecule has 2 N–H and O–H groups in total. The van der Waals surface area contributed by atoms with Crippen molar-refractivity contribution in [3.05, 3.63) is 29.3 Å². The number of hydrogen-bond acceptors (Lipinski definition) is 3. The molecule has 0 bridgehead atoms. The molecule has 11 heavy (non-hydrogen) atoms. The standard InChI is InChI=1S/C8H10O3/c1-6-3-2-4-8(9)7(6)5-11-10/h2-4,9-10H,5H2,1H3. The van der Waals surface area contributed by atoms with Gasteiger partial charge in [0.1, 0.15) is 12.4 Å². The van der Waals surface area contributed by atoms with Gasteiger partial charge in [-0.2, -0.15) is 0 Å². The molecule has 0 amide bonds. The zero-order chi connectivity index (χ0) is 8.27. The lowest BCUT2D eigenvalue weighted by Crippen LogP contribution is -1.91. The first-order chi connectivity index (χ1) is 5.25. The van der Waals surface area contributed by atoms with Crippen molar-refractivity contribution < 1.29 is 15.3 Å². The fourth-order valence-corrected chi connectivity index (χ4v) is 0.939. The molecule has 3 nitrogen and oxygen atoms in total. The van der Waals surface area contributed by atoms with Gasteiger partial charge in [-0.15, -0.1) is 0 Å². The number of aryl methyl sites for hydroxylation is 1. The molecular formula is C8H10O3. The van der Waals surface area contributed by atoms with Crippen LogP contribution in [0, 0.1) is 6.92 Å². The second-order valence-corrected chi connectivity index (χ2v) is 2.35. The second kappa shape index (κ2) is 3.37. The molecule has 0 heterocycles. The number of phenols is 1. The van der Waals surface area contributed by atoms with E-state index in [0.717, 1.165) is 5.56 Å². The van der Waals surface area contributed by atoms with E-state index in [1.807, 2.05) is 13.0 Å². The molecule has 0 fully saturated rings. The van der Waals surface area contributed by atoms with Gasteiger partial charge in [0.25, 0.3) is 0 Å². The summed E-state index contributed by atoms with van der Waals surface area (Å²) in [5, 5.41) is 17.4. The van der Waals surface area contributed by atoms with Crippen LogP contribution in [0.5, 0.6) is 5.75 Å². The number of phenolic OH excluding ortho intramolecular Hbond substituents is 1. The highest BCUT2D eigenvalue weighted by Crippen LogP contribution is 2.20. The van der Waals surface area contributed by atoms with Crippen molar-refractivity contribution in [3.63, 3.8) is 0 Å². The highest BCUT2D eigenvalue weighted by Gasteiger charge is 2.02. The number of hydrogen-bond donors (Lipinski definition) is 2. The van der Waals surface area contributed by atoms with Gasteiger partial charge in [0.05, 0.1) is 0 Å². The van der Waals surface area contributed by atoms with Crippen LogP contribution in [0.4, 0.5) is 0 Å². The van der Waals surface area contributed by atoms with E-state index in [0.29, 0.717) is 5.56 Å². The van der Waals surface area contributed by atoms with Crippen LogP contribution in [-0.2, 0) is 11.5 Å². The molecule has 0 unspecified atom stereocenters. The minimum atomic E-state index is 0.0263. The van der Waals surface area contributed by atoms with Crippen LogP contribution in [0.2, 0.25) is 0 Å². The third kappa shape index (κ3) is 1.69. The Bertz CT molecular complexity index is 225. The predicted molar refractivity (Wildman–Crippen MR) is 40.3 cm³/mol. The van der Waals surface area contributed by atoms with E-state index in [9.17, 15) is 5.11 Å². The maximum absolute atomic E-state index is 9.23. The van der Waals surface area contributed by atoms with Gasteiger partial charge in [-0.05, 0) is 18.6 Å². The van der Waals surface area contributed by atoms with Crippen LogP contribution in [0.1, 0.15) is 11.1 Å². The molecule has 0 aliphatic heterocycles. The molecular weight excluding hydrogens is 144 g/mol. The summed E-state index contributed by atoms with van der Waals surface area (Å²) in [4.78, 5) is 3.93. The average Bonchev–Trinajstić information content (AvgIpc) is 1.97. The summed E-state index contributed by atoms with van der Waals surface area (Å²) in [6.45, 7) is 1.87. The minimum Gasteiger partial charge on any atom is -0.508 e. The lowest BCUT2D eigenvalue weighted by atomic mass is 10.1. The number of aromatic hydroxyl groups is 1. The Morgan fingerprint density at radius 3 is 2.73 bits per heavy atom. The third-order valence-corrected chi connectivity index (χ3v) is 1.59. The fraction of sp³-hybridized carbons (Fsp3) is 0.250. The molecule has 0 atom stereocenters. The Balaban J connectivity index is 3.00. The SMILES string of the molecule is Cc1cccc(O)c1COO. The molecule has 0 aliphatic carbocycles. The summed E-state index contributed by atoms with van der Waals surface area (Å²) < 4.78 is 0. The van der Waals surface area contributed by atoms with Gasteiger partial charge < -0.3 is 5.11 Å². The van der Waals surface area contributed by atoms with Crippen molar-refractivity contribution in [1.82, 2.24) is 0 Å². The Kier molecular flexibility index (Phi) is 2.46. The van der Waals surface area contributed by atoms with E-state index in [2.05, 4.69) is 4.89 Å². The first kappa shape index (κ1) is 8.04. The molecule has 1 aromatic rings. The maximum Gasteiger partial charge on any atom is 0.121 e. The first-order valence-corrected chi connectivity index (χ1v) is 3.29. The van der Waals surface area contributed by atoms with Crippen LogP contribution in [0.25, 0.3) is 0 Å². The quantitative estimate of drug-likeness (QED) is 0.503. The zero-order valence-electron chi connectivity index (χ0n) is 6.24. The highest BCUT2D eigenvalue weighted by atomic mass is 17.1. The second-order valence-electron chi connectivity index (χ2n) is 2.35. The molecule has 0 aromatic heterocycles. The Morgan fingerprint density at radius 1 is 1.45 bits per heavy atom. The van der Waals surface area contributed by atoms with Crippen LogP contribution in [0.3, 0.4) is 0 Å². The Morgan fingerprint density at radius 2 is 2.18 bits per heavy atom. The van der Waals surface area contributed by atoms with E-state index in [1.165, 1.54) is 0 Å². The van der Waals surface area contributed by atoms with Gasteiger partial charge in [0.2, 0.25) is 0 Å². The van der Waals surface area contributed by atoms with Crippen molar-refractivity contribution in [2.75, 3.05) is 0 Å². The van der Waals surface area contributed by atoms with Gasteiger partial charge in [0, 0.05) is 5.56 Å². The summed E-state index contributed by atoms with van der Waals surface area (Å²) in [6.07, 6.45) is 0. The summed E-state index contributed by atoms with van der Waals surface area (Å²) in [5.74, 6) is 0.152. The zero-order valence-corrected chi connectivity index (χ0v) is 6.24. The predicted octanol–water partition coefficient (Wildman–Crippen LogP) is 1.69. The maximum atomic E-state index is 9.23. The molecule has 0 saturated heterocycles. The van der Waals surface area contributed by atoms with Crippen molar-refractivity contribution in [1.29, 1.82) is 0 Å². The molecule has 1 rings (SSSR count). The van der Waals surface area contributed by atoms with Crippen LogP contribution in [-0.4, -0.2) is 10.4 Å². The molecule has 3 heteroatoms. The highest BCUT2D eigenvalue weighted by molar-refractivity contribution is 5.37. The first-order valence-electron chi connectivity index (χ1n) is 3.29. The summed E-state index contributed by atoms with van der Waals surface area (Å²) in [6, 6.07) is 5.14. The summed E-state index contributed by atoms with van der Waals surface area (Å²) in [7, 11) is 0. The summed E-state index contributed by atoms with van der Waals surface area (Å²) >= 11 is 0. The van der Waals surface area contributed by atoms with Crippen LogP contribution < -0.4 is 0 Å². The van der Waals surface area contributed by atoms with E-state index < -0.39 is 0 Å². The third-order valence-electron chi connectivity index (χ3n) is 1.59. The van der Waals surface area contributed by atoms with Crippen LogP contribution >= 0.6 is 0 Å². The fourth-order valence-electron chi connectivity index (χ4n) is 0.939. The van der Waals surface area contributed by atoms with Crippen LogP contribution in [0.15, 0.2) is 18.2 Å². The van der Waals surface area contributed by atoms with Crippen molar-refractivity contribution in [3.8, 4) is 5.75 Å². The lowest BCUT2D eigenvalue weighted by molar-refractivity contribution is -0.253. The van der Waals surface area contributed by atoms with Gasteiger partial charge in [0.15, 0.2) is 0 Å². The lowest BCUT2D eigenvalue weighted by Gasteiger charge is -2.04. The molecule has 60 valence electrons. The molecule has 1 aromatic carbocycles. The molecule has 0 aliphatic rings. The largest absolute Gasteiger partial charge is 0.508 e. The minimum absolute atomic E-state index is 0.0263. The van der Waals surface area contributed by atoms with Crippen molar-refractivity contribution in [2.45, 2.75) is 13.5 Å². The van der Waals surface area contributed by atoms with E-state index in [4.69, 9.17) is 5.26 Å². The van der Waals surface area contributed by atoms with E-state index >= 15 is 0 Å². The van der Waals surface area contributed by atoms with E-state index in [1.54, 1.807) is 12.1 Å². The normalized spacial score (nSPS) is 10.0. The number of rotatable bonds is 2. The van der Waals surface area contributed by atoms with Gasteiger partial charge in [-0.3, -0.25) is 5.26 Å². The van der Waals surface area contributed by atoms with Gasteiger partial charge >= 0.3 is 0 Å². The van der Waals surface area contributed by atoms with E-state index in [-0.39, 0.29) is 12.4 Å². The Labute approximate surface area is 64.8 Å². The molecule has 0 radical (unpaired) electrons. The van der Waals surface area contributed by atoms with Gasteiger partial charge in [-0.25, -0.2) is 4.89 Å². The molecule has 0 saturated carbocycles. The van der Waals surface area contributed by atoms with Crippen molar-refractivity contribution >= 4 is 0 Å². The monoisotopic (exact) mass is 154 g/mol. The number of benzene rings is 1. The Hall–Kier alpha value is -1.06. The van der Waals surface area contributed by atoms with Gasteiger partial charge in [-0.1, -0.05) is 12.1 Å². The smallest absolute Gasteiger partial charge is 0.121 e. The summed E-state index contributed by atoms with van der Waals surface area (Å²) in [5.41, 5.74) is 1.52. The van der Waals surface area contributed by atoms with Crippen molar-refractivity contribution in [2.24, 2.45) is 0 Å². The molecule has 0 spiro atoms. The topological polar surface area (TPSA) is 49.7 Å².